The fourth-order valence-electron chi connectivity index (χ4n) is 2.18. The molecule has 0 saturated carbocycles. The van der Waals surface area contributed by atoms with E-state index in [0.717, 1.165) is 22.5 Å². The summed E-state index contributed by atoms with van der Waals surface area (Å²) in [6, 6.07) is 13.7. The summed E-state index contributed by atoms with van der Waals surface area (Å²) in [5.41, 5.74) is 2.21. The van der Waals surface area contributed by atoms with E-state index in [-0.39, 0.29) is 16.0 Å². The highest BCUT2D eigenvalue weighted by atomic mass is 35.5. The third kappa shape index (κ3) is 4.89. The number of halogens is 1. The number of benzene rings is 2. The summed E-state index contributed by atoms with van der Waals surface area (Å²) in [5.74, 6) is -0.431. The van der Waals surface area contributed by atoms with Crippen molar-refractivity contribution in [2.45, 2.75) is 17.8 Å². The highest BCUT2D eigenvalue weighted by molar-refractivity contribution is 7.91. The number of aromatic nitrogens is 2. The first kappa shape index (κ1) is 19.4. The fourth-order valence-corrected chi connectivity index (χ4v) is 4.25. The minimum atomic E-state index is -3.83. The van der Waals surface area contributed by atoms with Crippen molar-refractivity contribution in [3.8, 4) is 0 Å². The van der Waals surface area contributed by atoms with Crippen LogP contribution in [-0.2, 0) is 16.6 Å². The van der Waals surface area contributed by atoms with Gasteiger partial charge in [0.15, 0.2) is 0 Å². The first-order valence-electron chi connectivity index (χ1n) is 7.80. The molecule has 2 N–H and O–H groups in total. The van der Waals surface area contributed by atoms with Crippen molar-refractivity contribution >= 4 is 44.0 Å². The van der Waals surface area contributed by atoms with Crippen LogP contribution < -0.4 is 10.0 Å². The summed E-state index contributed by atoms with van der Waals surface area (Å²) < 4.78 is 27.1. The minimum Gasteiger partial charge on any atom is -0.296 e. The second-order valence-corrected chi connectivity index (χ2v) is 8.94. The highest BCUT2D eigenvalue weighted by Gasteiger charge is 2.21. The molecule has 0 saturated heterocycles. The van der Waals surface area contributed by atoms with Crippen LogP contribution in [0.15, 0.2) is 52.9 Å². The molecule has 0 bridgehead atoms. The van der Waals surface area contributed by atoms with Crippen LogP contribution in [0.1, 0.15) is 21.5 Å². The first-order valence-corrected chi connectivity index (χ1v) is 10.5. The number of amides is 1. The zero-order valence-corrected chi connectivity index (χ0v) is 16.5. The Balaban J connectivity index is 1.67. The molecule has 0 radical (unpaired) electrons. The monoisotopic (exact) mass is 422 g/mol. The van der Waals surface area contributed by atoms with E-state index in [4.69, 9.17) is 11.6 Å². The summed E-state index contributed by atoms with van der Waals surface area (Å²) in [5, 5.41) is 10.5. The second-order valence-electron chi connectivity index (χ2n) is 5.59. The number of carbonyl (C=O) groups excluding carboxylic acids is 1. The van der Waals surface area contributed by atoms with E-state index in [1.807, 2.05) is 31.2 Å². The molecule has 0 spiro atoms. The average molecular weight is 423 g/mol. The van der Waals surface area contributed by atoms with E-state index in [1.165, 1.54) is 0 Å². The van der Waals surface area contributed by atoms with Gasteiger partial charge in [-0.05, 0) is 42.3 Å². The lowest BCUT2D eigenvalue weighted by atomic mass is 10.1. The Morgan fingerprint density at radius 2 is 1.81 bits per heavy atom. The van der Waals surface area contributed by atoms with E-state index in [0.29, 0.717) is 10.6 Å². The van der Waals surface area contributed by atoms with Gasteiger partial charge in [-0.3, -0.25) is 10.1 Å². The van der Waals surface area contributed by atoms with Gasteiger partial charge in [-0.1, -0.05) is 47.2 Å². The van der Waals surface area contributed by atoms with Crippen molar-refractivity contribution < 1.29 is 13.2 Å². The molecule has 27 heavy (non-hydrogen) atoms. The largest absolute Gasteiger partial charge is 0.296 e. The smallest absolute Gasteiger partial charge is 0.270 e. The molecule has 1 aromatic heterocycles. The molecule has 0 atom stereocenters. The number of aryl methyl sites for hydroxylation is 1. The number of nitrogens with zero attached hydrogens (tertiary/aromatic N) is 2. The molecule has 7 nitrogen and oxygen atoms in total. The maximum absolute atomic E-state index is 12.4. The number of anilines is 1. The zero-order valence-electron chi connectivity index (χ0n) is 14.1. The van der Waals surface area contributed by atoms with Crippen LogP contribution in [0.3, 0.4) is 0 Å². The number of rotatable bonds is 6. The van der Waals surface area contributed by atoms with Crippen LogP contribution in [0.5, 0.6) is 0 Å². The Morgan fingerprint density at radius 1 is 1.11 bits per heavy atom. The maximum atomic E-state index is 12.4. The fraction of sp³-hybridized carbons (Fsp3) is 0.118. The Bertz CT molecular complexity index is 1070. The number of hydrogen-bond acceptors (Lipinski definition) is 6. The van der Waals surface area contributed by atoms with E-state index < -0.39 is 15.9 Å². The normalized spacial score (nSPS) is 11.3. The van der Waals surface area contributed by atoms with Crippen LogP contribution in [0.25, 0.3) is 0 Å². The van der Waals surface area contributed by atoms with Gasteiger partial charge in [-0.15, -0.1) is 10.2 Å². The zero-order chi connectivity index (χ0) is 19.4. The maximum Gasteiger partial charge on any atom is 0.270 e. The predicted molar refractivity (Wildman–Crippen MR) is 105 cm³/mol. The molecule has 140 valence electrons. The summed E-state index contributed by atoms with van der Waals surface area (Å²) in [4.78, 5) is 12.2. The lowest BCUT2D eigenvalue weighted by Gasteiger charge is -2.06. The van der Waals surface area contributed by atoms with Crippen LogP contribution in [0.4, 0.5) is 5.13 Å². The molecule has 0 unspecified atom stereocenters. The van der Waals surface area contributed by atoms with Gasteiger partial charge in [0.05, 0.1) is 0 Å². The molecule has 3 rings (SSSR count). The van der Waals surface area contributed by atoms with Crippen LogP contribution in [-0.4, -0.2) is 24.5 Å². The molecule has 0 aliphatic rings. The summed E-state index contributed by atoms with van der Waals surface area (Å²) in [6.45, 7) is 2.04. The van der Waals surface area contributed by atoms with E-state index in [9.17, 15) is 13.2 Å². The first-order chi connectivity index (χ1) is 12.8. The van der Waals surface area contributed by atoms with E-state index >= 15 is 0 Å². The number of nitrogens with one attached hydrogen (secondary N) is 2. The summed E-state index contributed by atoms with van der Waals surface area (Å²) >= 11 is 6.56. The number of hydrogen-bond donors (Lipinski definition) is 2. The Labute approximate surface area is 165 Å². The Morgan fingerprint density at radius 3 is 2.52 bits per heavy atom. The Hall–Kier alpha value is -2.33. The molecule has 1 amide bonds. The van der Waals surface area contributed by atoms with Crippen LogP contribution in [0.2, 0.25) is 5.02 Å². The highest BCUT2D eigenvalue weighted by Crippen LogP contribution is 2.21. The van der Waals surface area contributed by atoms with Gasteiger partial charge >= 0.3 is 0 Å². The van der Waals surface area contributed by atoms with E-state index in [2.05, 4.69) is 20.2 Å². The van der Waals surface area contributed by atoms with Gasteiger partial charge in [0.25, 0.3) is 15.9 Å². The van der Waals surface area contributed by atoms with Gasteiger partial charge in [0.2, 0.25) is 9.47 Å². The molecule has 0 aliphatic carbocycles. The molecule has 0 fully saturated rings. The van der Waals surface area contributed by atoms with Gasteiger partial charge in [0.1, 0.15) is 0 Å². The average Bonchev–Trinajstić information content (AvgIpc) is 3.11. The quantitative estimate of drug-likeness (QED) is 0.594. The SMILES string of the molecule is Cc1ccccc1CNS(=O)(=O)c1nnc(NC(=O)c2ccc(Cl)cc2)s1. The van der Waals surface area contributed by atoms with Crippen molar-refractivity contribution in [3.63, 3.8) is 0 Å². The van der Waals surface area contributed by atoms with Gasteiger partial charge in [-0.2, -0.15) is 0 Å². The molecule has 10 heteroatoms. The van der Waals surface area contributed by atoms with Crippen molar-refractivity contribution in [1.82, 2.24) is 14.9 Å². The number of carbonyl (C=O) groups is 1. The van der Waals surface area contributed by atoms with Crippen LogP contribution >= 0.6 is 22.9 Å². The van der Waals surface area contributed by atoms with Gasteiger partial charge in [0, 0.05) is 17.1 Å². The van der Waals surface area contributed by atoms with Crippen LogP contribution in [0, 0.1) is 6.92 Å². The lowest BCUT2D eigenvalue weighted by molar-refractivity contribution is 0.102. The van der Waals surface area contributed by atoms with Gasteiger partial charge < -0.3 is 0 Å². The molecule has 1 heterocycles. The van der Waals surface area contributed by atoms with Gasteiger partial charge in [-0.25, -0.2) is 13.1 Å². The third-order valence-electron chi connectivity index (χ3n) is 3.68. The second kappa shape index (κ2) is 8.13. The predicted octanol–water partition coefficient (Wildman–Crippen LogP) is 3.23. The third-order valence-corrected chi connectivity index (χ3v) is 6.54. The lowest BCUT2D eigenvalue weighted by Crippen LogP contribution is -2.23. The Kier molecular flexibility index (Phi) is 5.85. The van der Waals surface area contributed by atoms with Crippen molar-refractivity contribution in [2.24, 2.45) is 0 Å². The number of sulfonamides is 1. The molecular weight excluding hydrogens is 408 g/mol. The minimum absolute atomic E-state index is 0.0891. The van der Waals surface area contributed by atoms with Crippen molar-refractivity contribution in [3.05, 3.63) is 70.2 Å². The topological polar surface area (TPSA) is 101 Å². The molecular formula is C17H15ClN4O3S2. The van der Waals surface area contributed by atoms with Crippen molar-refractivity contribution in [2.75, 3.05) is 5.32 Å². The van der Waals surface area contributed by atoms with Crippen molar-refractivity contribution in [1.29, 1.82) is 0 Å². The van der Waals surface area contributed by atoms with E-state index in [1.54, 1.807) is 24.3 Å². The summed E-state index contributed by atoms with van der Waals surface area (Å²) in [7, 11) is -3.83. The molecule has 0 aliphatic heterocycles. The standard InChI is InChI=1S/C17H15ClN4O3S2/c1-11-4-2-3-5-13(11)10-19-27(24,25)17-22-21-16(26-17)20-15(23)12-6-8-14(18)9-7-12/h2-9,19H,10H2,1H3,(H,20,21,23). The molecule has 2 aromatic carbocycles. The molecule has 3 aromatic rings. The summed E-state index contributed by atoms with van der Waals surface area (Å²) in [6.07, 6.45) is 0.